The molecule has 1 atom stereocenters. The number of urea groups is 1. The molecule has 2 aromatic rings. The van der Waals surface area contributed by atoms with Gasteiger partial charge in [-0.2, -0.15) is 0 Å². The number of piperazine rings is 1. The second-order valence-electron chi connectivity index (χ2n) is 5.95. The summed E-state index contributed by atoms with van der Waals surface area (Å²) in [6.07, 6.45) is 3.31. The first-order valence-corrected chi connectivity index (χ1v) is 8.21. The molecule has 1 aliphatic rings. The van der Waals surface area contributed by atoms with E-state index >= 15 is 0 Å². The number of aromatic nitrogens is 1. The van der Waals surface area contributed by atoms with Crippen LogP contribution in [0.4, 0.5) is 14.9 Å². The first-order chi connectivity index (χ1) is 12.1. The van der Waals surface area contributed by atoms with Crippen LogP contribution in [0.3, 0.4) is 0 Å². The Hall–Kier alpha value is -2.09. The number of pyridine rings is 1. The van der Waals surface area contributed by atoms with Crippen LogP contribution in [-0.4, -0.2) is 48.2 Å². The van der Waals surface area contributed by atoms with Crippen molar-refractivity contribution in [2.45, 2.75) is 13.0 Å². The molecule has 27 heavy (non-hydrogen) atoms. The van der Waals surface area contributed by atoms with Crippen LogP contribution in [0.1, 0.15) is 5.56 Å². The number of ether oxygens (including phenoxy) is 1. The van der Waals surface area contributed by atoms with Gasteiger partial charge in [-0.1, -0.05) is 6.07 Å². The van der Waals surface area contributed by atoms with Crippen molar-refractivity contribution in [2.24, 2.45) is 0 Å². The third-order valence-corrected chi connectivity index (χ3v) is 4.11. The van der Waals surface area contributed by atoms with Gasteiger partial charge in [0.2, 0.25) is 0 Å². The maximum absolute atomic E-state index is 13.7. The second-order valence-corrected chi connectivity index (χ2v) is 5.95. The zero-order chi connectivity index (χ0) is 17.6. The highest BCUT2D eigenvalue weighted by Crippen LogP contribution is 2.16. The van der Waals surface area contributed by atoms with E-state index in [1.54, 1.807) is 42.4 Å². The second kappa shape index (κ2) is 10.9. The van der Waals surface area contributed by atoms with Crippen LogP contribution < -0.4 is 15.4 Å². The Bertz CT molecular complexity index is 737. The Balaban J connectivity index is 0.00000182. The van der Waals surface area contributed by atoms with E-state index in [-0.39, 0.29) is 42.7 Å². The van der Waals surface area contributed by atoms with E-state index in [4.69, 9.17) is 4.74 Å². The molecule has 1 fully saturated rings. The molecule has 2 amide bonds. The molecule has 2 heterocycles. The molecule has 1 aromatic carbocycles. The summed E-state index contributed by atoms with van der Waals surface area (Å²) in [6, 6.07) is 7.91. The molecular weight excluding hydrogens is 394 g/mol. The molecule has 1 aliphatic heterocycles. The van der Waals surface area contributed by atoms with Gasteiger partial charge in [-0.25, -0.2) is 9.18 Å². The lowest BCUT2D eigenvalue weighted by Gasteiger charge is -2.35. The number of carbonyl (C=O) groups excluding carboxylic acids is 1. The largest absolute Gasteiger partial charge is 0.490 e. The first kappa shape index (κ1) is 23.0. The number of benzene rings is 1. The fourth-order valence-electron chi connectivity index (χ4n) is 2.67. The number of rotatable bonds is 4. The standard InChI is InChI=1S/C18H21FN4O2.2ClH/c1-13-4-5-14(9-17(13)19)22-18(24)23-8-7-21-10-15(23)12-25-16-3-2-6-20-11-16;;/h2-6,9,11,15,21H,7-8,10,12H2,1H3,(H,22,24);2*1H. The van der Waals surface area contributed by atoms with Crippen LogP contribution in [0.15, 0.2) is 42.7 Å². The summed E-state index contributed by atoms with van der Waals surface area (Å²) in [5.74, 6) is 0.323. The van der Waals surface area contributed by atoms with E-state index in [0.29, 0.717) is 43.2 Å². The van der Waals surface area contributed by atoms with Crippen molar-refractivity contribution in [3.05, 3.63) is 54.1 Å². The number of aryl methyl sites for hydroxylation is 1. The highest BCUT2D eigenvalue weighted by Gasteiger charge is 2.27. The SMILES string of the molecule is Cc1ccc(NC(=O)N2CCNCC2COc2cccnc2)cc1F.Cl.Cl. The van der Waals surface area contributed by atoms with Gasteiger partial charge < -0.3 is 20.3 Å². The summed E-state index contributed by atoms with van der Waals surface area (Å²) >= 11 is 0. The minimum Gasteiger partial charge on any atom is -0.490 e. The molecule has 0 saturated carbocycles. The van der Waals surface area contributed by atoms with Crippen LogP contribution in [0.25, 0.3) is 0 Å². The fraction of sp³-hybridized carbons (Fsp3) is 0.333. The summed E-state index contributed by atoms with van der Waals surface area (Å²) in [5.41, 5.74) is 0.987. The van der Waals surface area contributed by atoms with Crippen molar-refractivity contribution in [1.29, 1.82) is 0 Å². The lowest BCUT2D eigenvalue weighted by Crippen LogP contribution is -2.57. The van der Waals surface area contributed by atoms with Crippen molar-refractivity contribution in [3.63, 3.8) is 0 Å². The summed E-state index contributed by atoms with van der Waals surface area (Å²) in [6.45, 7) is 3.94. The quantitative estimate of drug-likeness (QED) is 0.802. The monoisotopic (exact) mass is 416 g/mol. The predicted molar refractivity (Wildman–Crippen MR) is 108 cm³/mol. The number of anilines is 1. The number of hydrogen-bond donors (Lipinski definition) is 2. The lowest BCUT2D eigenvalue weighted by molar-refractivity contribution is 0.133. The smallest absolute Gasteiger partial charge is 0.322 e. The van der Waals surface area contributed by atoms with Crippen LogP contribution >= 0.6 is 24.8 Å². The molecule has 148 valence electrons. The Labute approximate surface area is 170 Å². The van der Waals surface area contributed by atoms with E-state index in [0.717, 1.165) is 0 Å². The van der Waals surface area contributed by atoms with Gasteiger partial charge in [0, 0.05) is 31.5 Å². The number of halogens is 3. The van der Waals surface area contributed by atoms with Crippen molar-refractivity contribution in [1.82, 2.24) is 15.2 Å². The maximum Gasteiger partial charge on any atom is 0.322 e. The Morgan fingerprint density at radius 1 is 1.41 bits per heavy atom. The maximum atomic E-state index is 13.7. The normalized spacial score (nSPS) is 15.9. The Morgan fingerprint density at radius 3 is 2.93 bits per heavy atom. The van der Waals surface area contributed by atoms with E-state index in [1.165, 1.54) is 6.07 Å². The molecule has 9 heteroatoms. The summed E-state index contributed by atoms with van der Waals surface area (Å²) < 4.78 is 19.4. The molecule has 0 bridgehead atoms. The summed E-state index contributed by atoms with van der Waals surface area (Å²) in [5, 5.41) is 6.02. The molecule has 2 N–H and O–H groups in total. The van der Waals surface area contributed by atoms with Gasteiger partial charge in [-0.15, -0.1) is 24.8 Å². The highest BCUT2D eigenvalue weighted by atomic mass is 35.5. The van der Waals surface area contributed by atoms with Gasteiger partial charge >= 0.3 is 6.03 Å². The highest BCUT2D eigenvalue weighted by molar-refractivity contribution is 5.89. The molecule has 1 aromatic heterocycles. The third kappa shape index (κ3) is 6.23. The zero-order valence-electron chi connectivity index (χ0n) is 14.9. The van der Waals surface area contributed by atoms with E-state index in [9.17, 15) is 9.18 Å². The van der Waals surface area contributed by atoms with Gasteiger partial charge in [0.05, 0.1) is 12.2 Å². The third-order valence-electron chi connectivity index (χ3n) is 4.11. The first-order valence-electron chi connectivity index (χ1n) is 8.21. The molecule has 0 radical (unpaired) electrons. The molecule has 3 rings (SSSR count). The topological polar surface area (TPSA) is 66.5 Å². The number of hydrogen-bond acceptors (Lipinski definition) is 4. The van der Waals surface area contributed by atoms with Gasteiger partial charge in [0.1, 0.15) is 18.2 Å². The molecule has 1 saturated heterocycles. The fourth-order valence-corrected chi connectivity index (χ4v) is 2.67. The minimum absolute atomic E-state index is 0. The van der Waals surface area contributed by atoms with E-state index in [1.807, 2.05) is 6.07 Å². The number of amides is 2. The molecule has 6 nitrogen and oxygen atoms in total. The van der Waals surface area contributed by atoms with Crippen LogP contribution in [-0.2, 0) is 0 Å². The average molecular weight is 417 g/mol. The van der Waals surface area contributed by atoms with Crippen LogP contribution in [0, 0.1) is 12.7 Å². The Kier molecular flexibility index (Phi) is 9.28. The molecule has 1 unspecified atom stereocenters. The van der Waals surface area contributed by atoms with Crippen molar-refractivity contribution >= 4 is 36.5 Å². The molecule has 0 aliphatic carbocycles. The number of nitrogens with one attached hydrogen (secondary N) is 2. The predicted octanol–water partition coefficient (Wildman–Crippen LogP) is 3.26. The van der Waals surface area contributed by atoms with E-state index in [2.05, 4.69) is 15.6 Å². The molecule has 0 spiro atoms. The average Bonchev–Trinajstić information content (AvgIpc) is 2.64. The van der Waals surface area contributed by atoms with Crippen molar-refractivity contribution in [3.8, 4) is 5.75 Å². The lowest BCUT2D eigenvalue weighted by atomic mass is 10.2. The number of carbonyl (C=O) groups is 1. The van der Waals surface area contributed by atoms with E-state index < -0.39 is 0 Å². The van der Waals surface area contributed by atoms with Crippen molar-refractivity contribution < 1.29 is 13.9 Å². The number of nitrogens with zero attached hydrogens (tertiary/aromatic N) is 2. The minimum atomic E-state index is -0.338. The summed E-state index contributed by atoms with van der Waals surface area (Å²) in [7, 11) is 0. The van der Waals surface area contributed by atoms with Crippen molar-refractivity contribution in [2.75, 3.05) is 31.6 Å². The van der Waals surface area contributed by atoms with Gasteiger partial charge in [-0.3, -0.25) is 4.98 Å². The van der Waals surface area contributed by atoms with Crippen LogP contribution in [0.5, 0.6) is 5.75 Å². The van der Waals surface area contributed by atoms with Gasteiger partial charge in [-0.05, 0) is 36.8 Å². The summed E-state index contributed by atoms with van der Waals surface area (Å²) in [4.78, 5) is 18.3. The zero-order valence-corrected chi connectivity index (χ0v) is 16.5. The van der Waals surface area contributed by atoms with Crippen LogP contribution in [0.2, 0.25) is 0 Å². The van der Waals surface area contributed by atoms with Gasteiger partial charge in [0.15, 0.2) is 0 Å². The van der Waals surface area contributed by atoms with Gasteiger partial charge in [0.25, 0.3) is 0 Å². The Morgan fingerprint density at radius 2 is 2.22 bits per heavy atom. The molecular formula is C18H23Cl2FN4O2.